The second-order valence-electron chi connectivity index (χ2n) is 10.6. The van der Waals surface area contributed by atoms with Crippen molar-refractivity contribution >= 4 is 48.8 Å². The number of halogens is 1. The molecule has 2 aliphatic heterocycles. The molecule has 1 unspecified atom stereocenters. The van der Waals surface area contributed by atoms with Gasteiger partial charge in [0.15, 0.2) is 11.6 Å². The van der Waals surface area contributed by atoms with E-state index in [1.807, 2.05) is 45.0 Å². The first kappa shape index (κ1) is 27.4. The van der Waals surface area contributed by atoms with Crippen LogP contribution in [0.25, 0.3) is 27.8 Å². The van der Waals surface area contributed by atoms with Gasteiger partial charge in [0, 0.05) is 54.6 Å². The molecule has 2 aromatic heterocycles. The highest BCUT2D eigenvalue weighted by atomic mass is 35.5. The number of anilines is 1. The number of fused-ring (bicyclic) bond motifs is 5. The van der Waals surface area contributed by atoms with E-state index in [4.69, 9.17) is 16.3 Å². The summed E-state index contributed by atoms with van der Waals surface area (Å²) in [6, 6.07) is 7.76. The third kappa shape index (κ3) is 4.48. The first-order chi connectivity index (χ1) is 19.7. The van der Waals surface area contributed by atoms with Crippen LogP contribution in [0, 0.1) is 0 Å². The lowest BCUT2D eigenvalue weighted by atomic mass is 9.95. The van der Waals surface area contributed by atoms with E-state index in [0.717, 1.165) is 22.0 Å². The second-order valence-corrected chi connectivity index (χ2v) is 11.7. The summed E-state index contributed by atoms with van der Waals surface area (Å²) in [6.07, 6.45) is 4.52. The first-order valence-corrected chi connectivity index (χ1v) is 14.5. The quantitative estimate of drug-likeness (QED) is 0.260. The van der Waals surface area contributed by atoms with E-state index in [1.54, 1.807) is 17.3 Å². The summed E-state index contributed by atoms with van der Waals surface area (Å²) in [6.45, 7) is 11.4. The molecule has 0 radical (unpaired) electrons. The lowest BCUT2D eigenvalue weighted by Gasteiger charge is -2.40. The molecule has 4 heterocycles. The SMILES string of the molecule is C=CC(=O)N1CCN(c2nc(=O)n(-c3nccnc3C(C)C)c3c4c(c(Cl)cc23)-c2c(P)cccc2CO4)[C@@H](C)C1. The molecule has 9 nitrogen and oxygen atoms in total. The van der Waals surface area contributed by atoms with E-state index in [1.165, 1.54) is 10.6 Å². The highest BCUT2D eigenvalue weighted by molar-refractivity contribution is 7.28. The molecular formula is C30H30ClN6O3P. The molecule has 1 saturated heterocycles. The summed E-state index contributed by atoms with van der Waals surface area (Å²) in [5.74, 6) is 1.28. The predicted octanol–water partition coefficient (Wildman–Crippen LogP) is 4.24. The van der Waals surface area contributed by atoms with Crippen LogP contribution < -0.4 is 20.6 Å². The van der Waals surface area contributed by atoms with Crippen molar-refractivity contribution in [2.45, 2.75) is 39.3 Å². The molecule has 1 fully saturated rings. The van der Waals surface area contributed by atoms with Gasteiger partial charge in [-0.2, -0.15) is 4.98 Å². The molecule has 2 aliphatic rings. The first-order valence-electron chi connectivity index (χ1n) is 13.5. The highest BCUT2D eigenvalue weighted by Gasteiger charge is 2.33. The van der Waals surface area contributed by atoms with E-state index in [-0.39, 0.29) is 17.9 Å². The van der Waals surface area contributed by atoms with E-state index in [0.29, 0.717) is 65.2 Å². The van der Waals surface area contributed by atoms with Gasteiger partial charge in [-0.1, -0.05) is 50.2 Å². The van der Waals surface area contributed by atoms with E-state index in [9.17, 15) is 9.59 Å². The van der Waals surface area contributed by atoms with Gasteiger partial charge in [-0.15, -0.1) is 9.24 Å². The highest BCUT2D eigenvalue weighted by Crippen LogP contribution is 2.48. The van der Waals surface area contributed by atoms with Crippen molar-refractivity contribution in [3.8, 4) is 22.7 Å². The van der Waals surface area contributed by atoms with E-state index < -0.39 is 5.69 Å². The third-order valence-electron chi connectivity index (χ3n) is 7.72. The fourth-order valence-corrected chi connectivity index (χ4v) is 6.54. The molecule has 41 heavy (non-hydrogen) atoms. The van der Waals surface area contributed by atoms with Gasteiger partial charge in [-0.3, -0.25) is 9.78 Å². The lowest BCUT2D eigenvalue weighted by Crippen LogP contribution is -2.54. The van der Waals surface area contributed by atoms with Gasteiger partial charge in [0.2, 0.25) is 5.91 Å². The summed E-state index contributed by atoms with van der Waals surface area (Å²) >= 11 is 7.06. The molecule has 210 valence electrons. The van der Waals surface area contributed by atoms with Gasteiger partial charge in [0.25, 0.3) is 0 Å². The summed E-state index contributed by atoms with van der Waals surface area (Å²) in [5, 5.41) is 2.14. The van der Waals surface area contributed by atoms with Crippen LogP contribution in [-0.4, -0.2) is 56.0 Å². The number of piperazine rings is 1. The number of aromatic nitrogens is 4. The smallest absolute Gasteiger partial charge is 0.356 e. The Morgan fingerprint density at radius 1 is 1.20 bits per heavy atom. The van der Waals surface area contributed by atoms with Gasteiger partial charge in [0.05, 0.1) is 10.7 Å². The lowest BCUT2D eigenvalue weighted by molar-refractivity contribution is -0.126. The van der Waals surface area contributed by atoms with Gasteiger partial charge in [-0.05, 0) is 35.9 Å². The topological polar surface area (TPSA) is 93.5 Å². The van der Waals surface area contributed by atoms with Crippen molar-refractivity contribution in [2.24, 2.45) is 0 Å². The maximum atomic E-state index is 14.1. The van der Waals surface area contributed by atoms with Crippen LogP contribution in [0.5, 0.6) is 5.75 Å². The molecule has 6 rings (SSSR count). The van der Waals surface area contributed by atoms with Crippen LogP contribution in [-0.2, 0) is 11.4 Å². The Labute approximate surface area is 245 Å². The molecule has 1 amide bonds. The summed E-state index contributed by atoms with van der Waals surface area (Å²) in [4.78, 5) is 44.0. The average Bonchev–Trinajstić information content (AvgIpc) is 2.96. The Bertz CT molecular complexity index is 1790. The number of ether oxygens (including phenoxy) is 1. The zero-order valence-corrected chi connectivity index (χ0v) is 25.0. The Kier molecular flexibility index (Phi) is 7.04. The van der Waals surface area contributed by atoms with Crippen molar-refractivity contribution in [2.75, 3.05) is 24.5 Å². The molecule has 0 N–H and O–H groups in total. The Balaban J connectivity index is 1.68. The molecule has 11 heteroatoms. The molecule has 0 bridgehead atoms. The van der Waals surface area contributed by atoms with Crippen LogP contribution in [0.4, 0.5) is 5.82 Å². The molecule has 4 aromatic rings. The minimum absolute atomic E-state index is 0.000705. The van der Waals surface area contributed by atoms with E-state index in [2.05, 4.69) is 35.7 Å². The number of amides is 1. The number of carbonyl (C=O) groups excluding carboxylic acids is 1. The average molecular weight is 589 g/mol. The standard InChI is InChI=1S/C30H30ClN6O3P/c1-5-22(38)35-11-12-36(17(4)14-35)28-19-13-20(31)24-23-18(7-6-8-21(23)41)15-40-27(24)26(19)37(30(39)34-28)29-25(16(2)3)32-9-10-33-29/h5-10,13,16-17H,1,11-12,14-15,41H2,2-4H3/t17-/m0/s1. The van der Waals surface area contributed by atoms with Crippen LogP contribution in [0.2, 0.25) is 5.02 Å². The minimum Gasteiger partial charge on any atom is -0.486 e. The molecular weight excluding hydrogens is 559 g/mol. The summed E-state index contributed by atoms with van der Waals surface area (Å²) < 4.78 is 7.95. The normalized spacial score (nSPS) is 16.4. The fraction of sp³-hybridized carbons (Fsp3) is 0.300. The van der Waals surface area contributed by atoms with Gasteiger partial charge >= 0.3 is 5.69 Å². The Hall–Kier alpha value is -3.81. The van der Waals surface area contributed by atoms with Crippen LogP contribution in [0.3, 0.4) is 0 Å². The molecule has 2 atom stereocenters. The van der Waals surface area contributed by atoms with Crippen molar-refractivity contribution < 1.29 is 9.53 Å². The van der Waals surface area contributed by atoms with Crippen molar-refractivity contribution in [3.63, 3.8) is 0 Å². The summed E-state index contributed by atoms with van der Waals surface area (Å²) in [7, 11) is 2.78. The molecule has 0 saturated carbocycles. The molecule has 0 spiro atoms. The zero-order chi connectivity index (χ0) is 29.0. The monoisotopic (exact) mass is 588 g/mol. The van der Waals surface area contributed by atoms with Crippen LogP contribution in [0.1, 0.15) is 37.9 Å². The third-order valence-corrected chi connectivity index (χ3v) is 8.50. The van der Waals surface area contributed by atoms with Crippen molar-refractivity contribution in [1.29, 1.82) is 0 Å². The maximum absolute atomic E-state index is 14.1. The van der Waals surface area contributed by atoms with Gasteiger partial charge in [-0.25, -0.2) is 14.3 Å². The molecule has 2 aromatic carbocycles. The maximum Gasteiger partial charge on any atom is 0.356 e. The zero-order valence-electron chi connectivity index (χ0n) is 23.1. The van der Waals surface area contributed by atoms with Crippen LogP contribution >= 0.6 is 20.8 Å². The number of hydrogen-bond donors (Lipinski definition) is 0. The largest absolute Gasteiger partial charge is 0.486 e. The van der Waals surface area contributed by atoms with Crippen molar-refractivity contribution in [1.82, 2.24) is 24.4 Å². The fourth-order valence-electron chi connectivity index (χ4n) is 5.81. The minimum atomic E-state index is -0.496. The number of hydrogen-bond acceptors (Lipinski definition) is 7. The summed E-state index contributed by atoms with van der Waals surface area (Å²) in [5.41, 5.74) is 3.41. The Morgan fingerprint density at radius 2 is 1.98 bits per heavy atom. The van der Waals surface area contributed by atoms with E-state index >= 15 is 0 Å². The number of rotatable bonds is 4. The number of benzene rings is 2. The van der Waals surface area contributed by atoms with Crippen molar-refractivity contribution in [3.05, 3.63) is 76.1 Å². The van der Waals surface area contributed by atoms with Gasteiger partial charge in [0.1, 0.15) is 17.9 Å². The second kappa shape index (κ2) is 10.5. The number of nitrogens with zero attached hydrogens (tertiary/aromatic N) is 6. The van der Waals surface area contributed by atoms with Gasteiger partial charge < -0.3 is 14.5 Å². The van der Waals surface area contributed by atoms with Crippen LogP contribution in [0.15, 0.2) is 54.1 Å². The molecule has 0 aliphatic carbocycles. The predicted molar refractivity (Wildman–Crippen MR) is 165 cm³/mol. The Morgan fingerprint density at radius 3 is 2.71 bits per heavy atom. The number of carbonyl (C=O) groups is 1.